The third-order valence-electron chi connectivity index (χ3n) is 5.23. The molecule has 0 spiro atoms. The van der Waals surface area contributed by atoms with Gasteiger partial charge in [-0.25, -0.2) is 0 Å². The summed E-state index contributed by atoms with van der Waals surface area (Å²) in [6.45, 7) is 1.92. The highest BCUT2D eigenvalue weighted by molar-refractivity contribution is 7.13. The first-order valence-corrected chi connectivity index (χ1v) is 9.54. The van der Waals surface area contributed by atoms with Gasteiger partial charge in [-0.05, 0) is 54.3 Å². The Labute approximate surface area is 166 Å². The number of nitrogens with one attached hydrogen (secondary N) is 1. The van der Waals surface area contributed by atoms with Crippen molar-refractivity contribution in [3.05, 3.63) is 75.8 Å². The molecule has 0 saturated carbocycles. The van der Waals surface area contributed by atoms with Gasteiger partial charge >= 0.3 is 0 Å². The van der Waals surface area contributed by atoms with Gasteiger partial charge in [-0.1, -0.05) is 29.5 Å². The van der Waals surface area contributed by atoms with Crippen LogP contribution in [0.1, 0.15) is 40.7 Å². The second-order valence-corrected chi connectivity index (χ2v) is 7.82. The van der Waals surface area contributed by atoms with Crippen molar-refractivity contribution in [1.82, 2.24) is 10.2 Å². The molecule has 1 aromatic heterocycles. The lowest BCUT2D eigenvalue weighted by Crippen LogP contribution is -2.37. The molecule has 6 nitrogen and oxygen atoms in total. The third kappa shape index (κ3) is 2.92. The minimum atomic E-state index is -0.795. The summed E-state index contributed by atoms with van der Waals surface area (Å²) < 4.78 is 0. The van der Waals surface area contributed by atoms with Crippen molar-refractivity contribution >= 4 is 22.4 Å². The molecule has 28 heavy (non-hydrogen) atoms. The number of aromatic nitrogens is 2. The van der Waals surface area contributed by atoms with E-state index in [1.54, 1.807) is 17.6 Å². The number of carbonyl (C=O) groups is 1. The monoisotopic (exact) mass is 385 g/mol. The van der Waals surface area contributed by atoms with Crippen LogP contribution in [0.4, 0.5) is 5.13 Å². The zero-order valence-corrected chi connectivity index (χ0v) is 15.8. The summed E-state index contributed by atoms with van der Waals surface area (Å²) in [5.74, 6) is -0.441. The van der Waals surface area contributed by atoms with Gasteiger partial charge in [-0.2, -0.15) is 10.5 Å². The molecular formula is C21H15N5OS. The lowest BCUT2D eigenvalue weighted by Gasteiger charge is -2.31. The lowest BCUT2D eigenvalue weighted by molar-refractivity contribution is -0.125. The van der Waals surface area contributed by atoms with Crippen LogP contribution in [-0.2, 0) is 11.2 Å². The Balaban J connectivity index is 1.84. The van der Waals surface area contributed by atoms with E-state index in [2.05, 4.69) is 27.7 Å². The largest absolute Gasteiger partial charge is 0.300 e. The molecular weight excluding hydrogens is 370 g/mol. The van der Waals surface area contributed by atoms with Gasteiger partial charge in [0.2, 0.25) is 11.0 Å². The minimum Gasteiger partial charge on any atom is -0.300 e. The molecule has 0 radical (unpaired) electrons. The topological polar surface area (TPSA) is 102 Å². The fraction of sp³-hybridized carbons (Fsp3) is 0.190. The first-order valence-electron chi connectivity index (χ1n) is 8.66. The van der Waals surface area contributed by atoms with Gasteiger partial charge in [-0.3, -0.25) is 4.79 Å². The standard InChI is InChI=1S/C21H15N5OS/c1-21(19(27)25-20-26-24-12-28-20)9-16-6-5-14(11-23)8-17(16)18(21)15-4-2-3-13(7-15)10-22/h2-8,12,18H,9H2,1H3,(H,25,26,27). The third-order valence-corrected chi connectivity index (χ3v) is 5.84. The van der Waals surface area contributed by atoms with Crippen LogP contribution in [0.25, 0.3) is 0 Å². The molecule has 1 aliphatic carbocycles. The molecule has 7 heteroatoms. The van der Waals surface area contributed by atoms with E-state index in [4.69, 9.17) is 0 Å². The number of hydrogen-bond donors (Lipinski definition) is 1. The number of fused-ring (bicyclic) bond motifs is 1. The van der Waals surface area contributed by atoms with Crippen molar-refractivity contribution in [1.29, 1.82) is 10.5 Å². The fourth-order valence-electron chi connectivity index (χ4n) is 3.95. The summed E-state index contributed by atoms with van der Waals surface area (Å²) in [5, 5.41) is 29.6. The Bertz CT molecular complexity index is 1140. The molecule has 0 bridgehead atoms. The number of benzene rings is 2. The summed E-state index contributed by atoms with van der Waals surface area (Å²) in [5.41, 5.74) is 4.71. The van der Waals surface area contributed by atoms with Crippen LogP contribution >= 0.6 is 11.3 Å². The van der Waals surface area contributed by atoms with Crippen molar-refractivity contribution in [2.75, 3.05) is 5.32 Å². The predicted molar refractivity (Wildman–Crippen MR) is 105 cm³/mol. The highest BCUT2D eigenvalue weighted by Crippen LogP contribution is 2.51. The molecule has 2 unspecified atom stereocenters. The molecule has 2 atom stereocenters. The van der Waals surface area contributed by atoms with Crippen molar-refractivity contribution in [2.24, 2.45) is 5.41 Å². The molecule has 0 fully saturated rings. The van der Waals surface area contributed by atoms with Crippen molar-refractivity contribution in [2.45, 2.75) is 19.3 Å². The number of rotatable bonds is 3. The van der Waals surface area contributed by atoms with E-state index in [-0.39, 0.29) is 11.8 Å². The van der Waals surface area contributed by atoms with Crippen molar-refractivity contribution in [3.8, 4) is 12.1 Å². The fourth-order valence-corrected chi connectivity index (χ4v) is 4.39. The Morgan fingerprint density at radius 3 is 2.71 bits per heavy atom. The van der Waals surface area contributed by atoms with Gasteiger partial charge < -0.3 is 5.32 Å². The summed E-state index contributed by atoms with van der Waals surface area (Å²) in [7, 11) is 0. The molecule has 3 aromatic rings. The molecule has 1 amide bonds. The van der Waals surface area contributed by atoms with Gasteiger partial charge in [0.25, 0.3) is 0 Å². The number of hydrogen-bond acceptors (Lipinski definition) is 6. The number of carbonyl (C=O) groups excluding carboxylic acids is 1. The number of nitriles is 2. The maximum absolute atomic E-state index is 13.3. The highest BCUT2D eigenvalue weighted by Gasteiger charge is 2.49. The van der Waals surface area contributed by atoms with Crippen LogP contribution in [0.2, 0.25) is 0 Å². The molecule has 2 aromatic carbocycles. The Morgan fingerprint density at radius 2 is 2.00 bits per heavy atom. The first kappa shape index (κ1) is 17.8. The summed E-state index contributed by atoms with van der Waals surface area (Å²) in [4.78, 5) is 13.3. The van der Waals surface area contributed by atoms with E-state index in [1.165, 1.54) is 11.3 Å². The Kier molecular flexibility index (Phi) is 4.38. The predicted octanol–water partition coefficient (Wildman–Crippen LogP) is 3.61. The second kappa shape index (κ2) is 6.88. The van der Waals surface area contributed by atoms with E-state index in [0.717, 1.165) is 16.7 Å². The molecule has 1 heterocycles. The van der Waals surface area contributed by atoms with E-state index in [9.17, 15) is 15.3 Å². The SMILES string of the molecule is CC1(C(=O)Nc2nncs2)Cc2ccc(C#N)cc2C1c1cccc(C#N)c1. The smallest absolute Gasteiger partial charge is 0.233 e. The molecule has 0 saturated heterocycles. The van der Waals surface area contributed by atoms with E-state index in [1.807, 2.05) is 37.3 Å². The quantitative estimate of drug-likeness (QED) is 0.742. The van der Waals surface area contributed by atoms with Crippen molar-refractivity contribution in [3.63, 3.8) is 0 Å². The maximum Gasteiger partial charge on any atom is 0.233 e. The van der Waals surface area contributed by atoms with Gasteiger partial charge in [0.1, 0.15) is 5.51 Å². The Hall–Kier alpha value is -3.55. The van der Waals surface area contributed by atoms with E-state index >= 15 is 0 Å². The molecule has 1 N–H and O–H groups in total. The van der Waals surface area contributed by atoms with Gasteiger partial charge in [0.15, 0.2) is 0 Å². The molecule has 1 aliphatic rings. The average molecular weight is 385 g/mol. The van der Waals surface area contributed by atoms with Crippen LogP contribution in [0.5, 0.6) is 0 Å². The summed E-state index contributed by atoms with van der Waals surface area (Å²) in [6.07, 6.45) is 0.528. The Morgan fingerprint density at radius 1 is 1.21 bits per heavy atom. The molecule has 0 aliphatic heterocycles. The maximum atomic E-state index is 13.3. The zero-order valence-electron chi connectivity index (χ0n) is 15.0. The van der Waals surface area contributed by atoms with E-state index in [0.29, 0.717) is 22.7 Å². The van der Waals surface area contributed by atoms with Crippen LogP contribution in [-0.4, -0.2) is 16.1 Å². The summed E-state index contributed by atoms with van der Waals surface area (Å²) in [6, 6.07) is 17.2. The van der Waals surface area contributed by atoms with Crippen molar-refractivity contribution < 1.29 is 4.79 Å². The zero-order chi connectivity index (χ0) is 19.7. The number of nitrogens with zero attached hydrogens (tertiary/aromatic N) is 4. The van der Waals surface area contributed by atoms with Crippen LogP contribution in [0.15, 0.2) is 48.0 Å². The van der Waals surface area contributed by atoms with E-state index < -0.39 is 5.41 Å². The van der Waals surface area contributed by atoms with Crippen LogP contribution in [0, 0.1) is 28.1 Å². The average Bonchev–Trinajstić information content (AvgIpc) is 3.32. The van der Waals surface area contributed by atoms with Crippen LogP contribution in [0.3, 0.4) is 0 Å². The summed E-state index contributed by atoms with van der Waals surface area (Å²) >= 11 is 1.26. The lowest BCUT2D eigenvalue weighted by atomic mass is 9.73. The normalized spacial score (nSPS) is 20.0. The number of anilines is 1. The van der Waals surface area contributed by atoms with Gasteiger partial charge in [0.05, 0.1) is 28.7 Å². The molecule has 136 valence electrons. The highest BCUT2D eigenvalue weighted by atomic mass is 32.1. The van der Waals surface area contributed by atoms with Gasteiger partial charge in [-0.15, -0.1) is 10.2 Å². The van der Waals surface area contributed by atoms with Gasteiger partial charge in [0, 0.05) is 5.92 Å². The molecule has 4 rings (SSSR count). The minimum absolute atomic E-state index is 0.161. The first-order chi connectivity index (χ1) is 13.5. The van der Waals surface area contributed by atoms with Crippen LogP contribution < -0.4 is 5.32 Å². The number of amides is 1. The second-order valence-electron chi connectivity index (χ2n) is 6.99.